The molecule has 4 nitrogen and oxygen atoms in total. The van der Waals surface area contributed by atoms with Gasteiger partial charge in [-0.3, -0.25) is 9.59 Å². The number of amides is 2. The molecule has 0 heterocycles. The van der Waals surface area contributed by atoms with Gasteiger partial charge in [-0.25, -0.2) is 0 Å². The highest BCUT2D eigenvalue weighted by molar-refractivity contribution is 5.94. The molecular formula is C14H16N2O2. The Morgan fingerprint density at radius 3 is 2.44 bits per heavy atom. The van der Waals surface area contributed by atoms with Crippen LogP contribution in [0.3, 0.4) is 0 Å². The van der Waals surface area contributed by atoms with Gasteiger partial charge in [0.1, 0.15) is 0 Å². The van der Waals surface area contributed by atoms with Crippen LogP contribution in [-0.2, 0) is 4.79 Å². The molecule has 0 atom stereocenters. The van der Waals surface area contributed by atoms with Crippen molar-refractivity contribution in [2.75, 3.05) is 6.54 Å². The summed E-state index contributed by atoms with van der Waals surface area (Å²) in [5.74, 6) is -0.651. The van der Waals surface area contributed by atoms with Crippen molar-refractivity contribution in [3.05, 3.63) is 53.6 Å². The Labute approximate surface area is 106 Å². The summed E-state index contributed by atoms with van der Waals surface area (Å²) in [5.41, 5.74) is 7.28. The topological polar surface area (TPSA) is 72.2 Å². The molecule has 2 amide bonds. The molecule has 0 fully saturated rings. The number of primary amides is 1. The Hall–Kier alpha value is -2.36. The normalized spacial score (nSPS) is 10.3. The van der Waals surface area contributed by atoms with E-state index in [0.717, 1.165) is 11.1 Å². The molecule has 0 aliphatic heterocycles. The largest absolute Gasteiger partial charge is 0.366 e. The van der Waals surface area contributed by atoms with Crippen LogP contribution in [0.4, 0.5) is 0 Å². The molecule has 94 valence electrons. The van der Waals surface area contributed by atoms with E-state index in [1.165, 1.54) is 6.08 Å². The summed E-state index contributed by atoms with van der Waals surface area (Å²) in [4.78, 5) is 22.2. The van der Waals surface area contributed by atoms with Gasteiger partial charge in [0.15, 0.2) is 0 Å². The highest BCUT2D eigenvalue weighted by Gasteiger charge is 1.98. The molecule has 1 aromatic carbocycles. The molecular weight excluding hydrogens is 228 g/mol. The maximum atomic E-state index is 11.4. The maximum absolute atomic E-state index is 11.4. The zero-order chi connectivity index (χ0) is 13.5. The fraction of sp³-hybridized carbons (Fsp3) is 0.143. The summed E-state index contributed by atoms with van der Waals surface area (Å²) in [6.45, 7) is 5.99. The molecule has 0 aliphatic rings. The monoisotopic (exact) mass is 244 g/mol. The number of carbonyl (C=O) groups is 2. The number of hydrogen-bond donors (Lipinski definition) is 2. The molecule has 0 saturated carbocycles. The zero-order valence-corrected chi connectivity index (χ0v) is 10.3. The molecule has 0 unspecified atom stereocenters. The van der Waals surface area contributed by atoms with Crippen molar-refractivity contribution >= 4 is 17.9 Å². The average Bonchev–Trinajstić information content (AvgIpc) is 2.34. The first-order chi connectivity index (χ1) is 8.49. The van der Waals surface area contributed by atoms with E-state index < -0.39 is 5.91 Å². The molecule has 0 aliphatic carbocycles. The number of nitrogens with two attached hydrogens (primary N) is 1. The van der Waals surface area contributed by atoms with Crippen molar-refractivity contribution in [1.29, 1.82) is 0 Å². The summed E-state index contributed by atoms with van der Waals surface area (Å²) < 4.78 is 0. The molecule has 1 rings (SSSR count). The third kappa shape index (κ3) is 4.65. The fourth-order valence-corrected chi connectivity index (χ4v) is 1.23. The van der Waals surface area contributed by atoms with Gasteiger partial charge in [-0.1, -0.05) is 24.3 Å². The van der Waals surface area contributed by atoms with Crippen molar-refractivity contribution < 1.29 is 9.59 Å². The Balaban J connectivity index is 2.58. The highest BCUT2D eigenvalue weighted by atomic mass is 16.1. The van der Waals surface area contributed by atoms with E-state index in [0.29, 0.717) is 12.1 Å². The molecule has 0 spiro atoms. The quantitative estimate of drug-likeness (QED) is 0.608. The Bertz CT molecular complexity index is 487. The van der Waals surface area contributed by atoms with Crippen LogP contribution in [0.25, 0.3) is 6.08 Å². The van der Waals surface area contributed by atoms with E-state index in [1.54, 1.807) is 30.3 Å². The van der Waals surface area contributed by atoms with E-state index in [-0.39, 0.29) is 5.91 Å². The van der Waals surface area contributed by atoms with E-state index in [1.807, 2.05) is 6.92 Å². The smallest absolute Gasteiger partial charge is 0.248 e. The van der Waals surface area contributed by atoms with Crippen molar-refractivity contribution in [3.63, 3.8) is 0 Å². The number of hydrogen-bond acceptors (Lipinski definition) is 2. The predicted molar refractivity (Wildman–Crippen MR) is 71.8 cm³/mol. The van der Waals surface area contributed by atoms with Crippen LogP contribution in [-0.4, -0.2) is 18.4 Å². The van der Waals surface area contributed by atoms with Crippen LogP contribution < -0.4 is 11.1 Å². The van der Waals surface area contributed by atoms with Crippen LogP contribution in [0.2, 0.25) is 0 Å². The molecule has 1 aromatic rings. The van der Waals surface area contributed by atoms with E-state index in [9.17, 15) is 9.59 Å². The van der Waals surface area contributed by atoms with Crippen LogP contribution in [0.15, 0.2) is 42.5 Å². The fourth-order valence-electron chi connectivity index (χ4n) is 1.23. The minimum atomic E-state index is -0.468. The molecule has 0 aromatic heterocycles. The van der Waals surface area contributed by atoms with Gasteiger partial charge in [-0.05, 0) is 30.7 Å². The first kappa shape index (κ1) is 13.7. The van der Waals surface area contributed by atoms with Gasteiger partial charge in [0.05, 0.1) is 0 Å². The molecule has 4 heteroatoms. The van der Waals surface area contributed by atoms with E-state index >= 15 is 0 Å². The Morgan fingerprint density at radius 2 is 1.94 bits per heavy atom. The lowest BCUT2D eigenvalue weighted by Crippen LogP contribution is -2.22. The second-order valence-electron chi connectivity index (χ2n) is 3.99. The standard InChI is InChI=1S/C14H16N2O2/c1-10(2)9-16-13(17)8-5-11-3-6-12(7-4-11)14(15)18/h3-8H,1,9H2,2H3,(H2,15,18)(H,16,17)/b8-5+. The van der Waals surface area contributed by atoms with Gasteiger partial charge in [0, 0.05) is 18.2 Å². The van der Waals surface area contributed by atoms with E-state index in [4.69, 9.17) is 5.73 Å². The molecule has 0 radical (unpaired) electrons. The lowest BCUT2D eigenvalue weighted by molar-refractivity contribution is -0.116. The average molecular weight is 244 g/mol. The maximum Gasteiger partial charge on any atom is 0.248 e. The van der Waals surface area contributed by atoms with Gasteiger partial charge >= 0.3 is 0 Å². The van der Waals surface area contributed by atoms with Crippen molar-refractivity contribution in [2.45, 2.75) is 6.92 Å². The van der Waals surface area contributed by atoms with Gasteiger partial charge in [-0.2, -0.15) is 0 Å². The predicted octanol–water partition coefficient (Wildman–Crippen LogP) is 1.49. The number of nitrogens with one attached hydrogen (secondary N) is 1. The third-order valence-corrected chi connectivity index (χ3v) is 2.19. The zero-order valence-electron chi connectivity index (χ0n) is 10.3. The Kier molecular flexibility index (Phi) is 4.87. The van der Waals surface area contributed by atoms with Crippen molar-refractivity contribution in [3.8, 4) is 0 Å². The molecule has 3 N–H and O–H groups in total. The highest BCUT2D eigenvalue weighted by Crippen LogP contribution is 2.05. The summed E-state index contributed by atoms with van der Waals surface area (Å²) in [5, 5.41) is 2.68. The van der Waals surface area contributed by atoms with Crippen molar-refractivity contribution in [2.24, 2.45) is 5.73 Å². The van der Waals surface area contributed by atoms with Crippen molar-refractivity contribution in [1.82, 2.24) is 5.32 Å². The Morgan fingerprint density at radius 1 is 1.33 bits per heavy atom. The summed E-state index contributed by atoms with van der Waals surface area (Å²) in [6, 6.07) is 6.69. The van der Waals surface area contributed by atoms with E-state index in [2.05, 4.69) is 11.9 Å². The summed E-state index contributed by atoms with van der Waals surface area (Å²) >= 11 is 0. The SMILES string of the molecule is C=C(C)CNC(=O)/C=C/c1ccc(C(N)=O)cc1. The minimum absolute atomic E-state index is 0.183. The van der Waals surface area contributed by atoms with Gasteiger partial charge in [-0.15, -0.1) is 0 Å². The first-order valence-corrected chi connectivity index (χ1v) is 5.49. The molecule has 0 saturated heterocycles. The second kappa shape index (κ2) is 6.39. The minimum Gasteiger partial charge on any atom is -0.366 e. The first-order valence-electron chi connectivity index (χ1n) is 5.49. The van der Waals surface area contributed by atoms with Crippen LogP contribution >= 0.6 is 0 Å². The summed E-state index contributed by atoms with van der Waals surface area (Å²) in [7, 11) is 0. The van der Waals surface area contributed by atoms with Gasteiger partial charge in [0.25, 0.3) is 0 Å². The number of carbonyl (C=O) groups excluding carboxylic acids is 2. The van der Waals surface area contributed by atoms with Gasteiger partial charge in [0.2, 0.25) is 11.8 Å². The molecule has 18 heavy (non-hydrogen) atoms. The number of benzene rings is 1. The van der Waals surface area contributed by atoms with Gasteiger partial charge < -0.3 is 11.1 Å². The summed E-state index contributed by atoms with van der Waals surface area (Å²) in [6.07, 6.45) is 3.10. The second-order valence-corrected chi connectivity index (χ2v) is 3.99. The lowest BCUT2D eigenvalue weighted by Gasteiger charge is -2.00. The lowest BCUT2D eigenvalue weighted by atomic mass is 10.1. The molecule has 0 bridgehead atoms. The van der Waals surface area contributed by atoms with Crippen LogP contribution in [0, 0.1) is 0 Å². The van der Waals surface area contributed by atoms with Crippen LogP contribution in [0.5, 0.6) is 0 Å². The number of rotatable bonds is 5. The van der Waals surface area contributed by atoms with Crippen LogP contribution in [0.1, 0.15) is 22.8 Å². The third-order valence-electron chi connectivity index (χ3n) is 2.19.